The Bertz CT molecular complexity index is 391. The molecule has 3 nitrogen and oxygen atoms in total. The highest BCUT2D eigenvalue weighted by Crippen LogP contribution is 2.23. The zero-order valence-electron chi connectivity index (χ0n) is 12.1. The van der Waals surface area contributed by atoms with Crippen LogP contribution in [0, 0.1) is 0 Å². The van der Waals surface area contributed by atoms with E-state index in [1.54, 1.807) is 0 Å². The van der Waals surface area contributed by atoms with Crippen LogP contribution in [0.3, 0.4) is 0 Å². The van der Waals surface area contributed by atoms with Gasteiger partial charge >= 0.3 is 0 Å². The summed E-state index contributed by atoms with van der Waals surface area (Å²) in [5, 5.41) is 3.66. The Labute approximate surface area is 125 Å². The van der Waals surface area contributed by atoms with Crippen LogP contribution in [0.4, 0.5) is 5.69 Å². The van der Waals surface area contributed by atoms with Gasteiger partial charge in [0, 0.05) is 35.3 Å². The molecule has 1 aromatic rings. The van der Waals surface area contributed by atoms with Crippen molar-refractivity contribution >= 4 is 21.6 Å². The first-order valence-corrected chi connectivity index (χ1v) is 7.76. The molecular formula is C15H24BrN3. The molecular weight excluding hydrogens is 302 g/mol. The predicted octanol–water partition coefficient (Wildman–Crippen LogP) is 2.57. The number of halogens is 1. The molecule has 0 bridgehead atoms. The van der Waals surface area contributed by atoms with Crippen molar-refractivity contribution in [2.75, 3.05) is 38.6 Å². The predicted molar refractivity (Wildman–Crippen MR) is 85.9 cm³/mol. The zero-order valence-corrected chi connectivity index (χ0v) is 13.7. The largest absolute Gasteiger partial charge is 0.367 e. The van der Waals surface area contributed by atoms with Gasteiger partial charge in [-0.05, 0) is 58.3 Å². The van der Waals surface area contributed by atoms with Crippen LogP contribution in [0.5, 0.6) is 0 Å². The van der Waals surface area contributed by atoms with Gasteiger partial charge in [0.25, 0.3) is 0 Å². The van der Waals surface area contributed by atoms with Gasteiger partial charge in [-0.25, -0.2) is 0 Å². The SMILES string of the molecule is CC1CCNC(CN(C)C)CN1c1ccc(Br)cc1. The molecule has 1 aliphatic heterocycles. The van der Waals surface area contributed by atoms with Crippen LogP contribution in [0.25, 0.3) is 0 Å². The molecule has 2 atom stereocenters. The normalized spacial score (nSPS) is 24.6. The average Bonchev–Trinajstić information content (AvgIpc) is 2.52. The summed E-state index contributed by atoms with van der Waals surface area (Å²) in [6.45, 7) is 5.58. The Hall–Kier alpha value is -0.580. The van der Waals surface area contributed by atoms with Crippen LogP contribution < -0.4 is 10.2 Å². The van der Waals surface area contributed by atoms with E-state index in [1.807, 2.05) is 0 Å². The molecule has 1 fully saturated rings. The van der Waals surface area contributed by atoms with Crippen molar-refractivity contribution in [3.05, 3.63) is 28.7 Å². The molecule has 1 saturated heterocycles. The highest BCUT2D eigenvalue weighted by Gasteiger charge is 2.23. The lowest BCUT2D eigenvalue weighted by atomic mass is 10.1. The molecule has 2 unspecified atom stereocenters. The summed E-state index contributed by atoms with van der Waals surface area (Å²) in [5.74, 6) is 0. The van der Waals surface area contributed by atoms with Crippen molar-refractivity contribution in [3.63, 3.8) is 0 Å². The maximum Gasteiger partial charge on any atom is 0.0371 e. The number of rotatable bonds is 3. The monoisotopic (exact) mass is 325 g/mol. The molecule has 1 aromatic carbocycles. The average molecular weight is 326 g/mol. The number of anilines is 1. The summed E-state index contributed by atoms with van der Waals surface area (Å²) in [7, 11) is 4.28. The van der Waals surface area contributed by atoms with E-state index in [1.165, 1.54) is 12.1 Å². The molecule has 106 valence electrons. The number of nitrogens with zero attached hydrogens (tertiary/aromatic N) is 2. The number of benzene rings is 1. The molecule has 0 spiro atoms. The van der Waals surface area contributed by atoms with Gasteiger partial charge in [0.2, 0.25) is 0 Å². The molecule has 0 saturated carbocycles. The lowest BCUT2D eigenvalue weighted by Gasteiger charge is -2.32. The molecule has 0 aromatic heterocycles. The van der Waals surface area contributed by atoms with Gasteiger partial charge < -0.3 is 15.1 Å². The van der Waals surface area contributed by atoms with E-state index in [9.17, 15) is 0 Å². The minimum Gasteiger partial charge on any atom is -0.367 e. The number of nitrogens with one attached hydrogen (secondary N) is 1. The van der Waals surface area contributed by atoms with Gasteiger partial charge in [-0.15, -0.1) is 0 Å². The van der Waals surface area contributed by atoms with Crippen molar-refractivity contribution in [1.82, 2.24) is 10.2 Å². The van der Waals surface area contributed by atoms with Crippen molar-refractivity contribution in [1.29, 1.82) is 0 Å². The summed E-state index contributed by atoms with van der Waals surface area (Å²) >= 11 is 3.51. The van der Waals surface area contributed by atoms with Gasteiger partial charge in [0.15, 0.2) is 0 Å². The Kier molecular flexibility index (Phi) is 5.25. The Balaban J connectivity index is 2.13. The first kappa shape index (κ1) is 14.8. The van der Waals surface area contributed by atoms with E-state index in [-0.39, 0.29) is 0 Å². The summed E-state index contributed by atoms with van der Waals surface area (Å²) < 4.78 is 1.14. The molecule has 0 amide bonds. The molecule has 0 aliphatic carbocycles. The highest BCUT2D eigenvalue weighted by atomic mass is 79.9. The second-order valence-electron chi connectivity index (χ2n) is 5.68. The lowest BCUT2D eigenvalue weighted by Crippen LogP contribution is -2.45. The van der Waals surface area contributed by atoms with Crippen LogP contribution in [0.15, 0.2) is 28.7 Å². The Morgan fingerprint density at radius 3 is 2.63 bits per heavy atom. The van der Waals surface area contributed by atoms with E-state index in [2.05, 4.69) is 76.3 Å². The number of likely N-dealkylation sites (N-methyl/N-ethyl adjacent to an activating group) is 1. The summed E-state index contributed by atoms with van der Waals surface area (Å²) in [6, 6.07) is 9.78. The lowest BCUT2D eigenvalue weighted by molar-refractivity contribution is 0.346. The topological polar surface area (TPSA) is 18.5 Å². The molecule has 19 heavy (non-hydrogen) atoms. The fraction of sp³-hybridized carbons (Fsp3) is 0.600. The molecule has 0 radical (unpaired) electrons. The van der Waals surface area contributed by atoms with Crippen LogP contribution in [0.1, 0.15) is 13.3 Å². The quantitative estimate of drug-likeness (QED) is 0.921. The first-order valence-electron chi connectivity index (χ1n) is 6.96. The van der Waals surface area contributed by atoms with E-state index in [0.29, 0.717) is 12.1 Å². The van der Waals surface area contributed by atoms with E-state index >= 15 is 0 Å². The Morgan fingerprint density at radius 2 is 2.00 bits per heavy atom. The van der Waals surface area contributed by atoms with Gasteiger partial charge in [0.1, 0.15) is 0 Å². The van der Waals surface area contributed by atoms with Crippen molar-refractivity contribution < 1.29 is 0 Å². The van der Waals surface area contributed by atoms with Crippen molar-refractivity contribution in [2.45, 2.75) is 25.4 Å². The van der Waals surface area contributed by atoms with E-state index in [0.717, 1.165) is 24.1 Å². The van der Waals surface area contributed by atoms with E-state index < -0.39 is 0 Å². The highest BCUT2D eigenvalue weighted by molar-refractivity contribution is 9.10. The summed E-state index contributed by atoms with van der Waals surface area (Å²) in [5.41, 5.74) is 1.32. The fourth-order valence-corrected chi connectivity index (χ4v) is 2.95. The maximum absolute atomic E-state index is 3.66. The van der Waals surface area contributed by atoms with Crippen LogP contribution in [-0.2, 0) is 0 Å². The van der Waals surface area contributed by atoms with E-state index in [4.69, 9.17) is 0 Å². The minimum absolute atomic E-state index is 0.531. The maximum atomic E-state index is 3.66. The number of hydrogen-bond acceptors (Lipinski definition) is 3. The van der Waals surface area contributed by atoms with Gasteiger partial charge in [-0.2, -0.15) is 0 Å². The van der Waals surface area contributed by atoms with Gasteiger partial charge in [-0.1, -0.05) is 15.9 Å². The third-order valence-electron chi connectivity index (χ3n) is 3.69. The van der Waals surface area contributed by atoms with Crippen LogP contribution in [-0.4, -0.2) is 50.7 Å². The third-order valence-corrected chi connectivity index (χ3v) is 4.22. The fourth-order valence-electron chi connectivity index (χ4n) is 2.69. The molecule has 1 N–H and O–H groups in total. The summed E-state index contributed by atoms with van der Waals surface area (Å²) in [6.07, 6.45) is 1.19. The molecule has 1 heterocycles. The standard InChI is InChI=1S/C15H24BrN3/c1-12-8-9-17-14(10-18(2)3)11-19(12)15-6-4-13(16)5-7-15/h4-7,12,14,17H,8-11H2,1-3H3. The Morgan fingerprint density at radius 1 is 1.32 bits per heavy atom. The minimum atomic E-state index is 0.531. The van der Waals surface area contributed by atoms with Crippen LogP contribution in [0.2, 0.25) is 0 Å². The molecule has 4 heteroatoms. The first-order chi connectivity index (χ1) is 9.06. The van der Waals surface area contributed by atoms with Crippen LogP contribution >= 0.6 is 15.9 Å². The van der Waals surface area contributed by atoms with Crippen molar-refractivity contribution in [3.8, 4) is 0 Å². The van der Waals surface area contributed by atoms with Gasteiger partial charge in [-0.3, -0.25) is 0 Å². The second-order valence-corrected chi connectivity index (χ2v) is 6.60. The number of hydrogen-bond donors (Lipinski definition) is 1. The van der Waals surface area contributed by atoms with Gasteiger partial charge in [0.05, 0.1) is 0 Å². The molecule has 1 aliphatic rings. The smallest absolute Gasteiger partial charge is 0.0371 e. The molecule has 2 rings (SSSR count). The summed E-state index contributed by atoms with van der Waals surface area (Å²) in [4.78, 5) is 4.79. The zero-order chi connectivity index (χ0) is 13.8. The second kappa shape index (κ2) is 6.73. The third kappa shape index (κ3) is 4.20. The van der Waals surface area contributed by atoms with Crippen molar-refractivity contribution in [2.24, 2.45) is 0 Å².